The number of benzene rings is 1. The van der Waals surface area contributed by atoms with Crippen LogP contribution in [0.15, 0.2) is 42.5 Å². The molecular weight excluding hydrogens is 146 g/mol. The van der Waals surface area contributed by atoms with Gasteiger partial charge in [0.15, 0.2) is 0 Å². The van der Waals surface area contributed by atoms with Crippen molar-refractivity contribution in [1.29, 1.82) is 0 Å². The summed E-state index contributed by atoms with van der Waals surface area (Å²) in [5, 5.41) is 3.32. The minimum Gasteiger partial charge on any atom is -0.309 e. The van der Waals surface area contributed by atoms with Gasteiger partial charge in [0.2, 0.25) is 0 Å². The second-order valence-corrected chi connectivity index (χ2v) is 2.69. The van der Waals surface area contributed by atoms with Crippen molar-refractivity contribution in [2.45, 2.75) is 13.5 Å². The van der Waals surface area contributed by atoms with Crippen LogP contribution in [-0.2, 0) is 6.54 Å². The average Bonchev–Trinajstić information content (AvgIpc) is 2.14. The molecule has 1 rings (SSSR count). The van der Waals surface area contributed by atoms with E-state index in [9.17, 15) is 0 Å². The van der Waals surface area contributed by atoms with E-state index in [0.717, 1.165) is 13.1 Å². The Balaban J connectivity index is 2.24. The molecule has 0 spiro atoms. The molecule has 0 unspecified atom stereocenters. The predicted octanol–water partition coefficient (Wildman–Crippen LogP) is 2.35. The molecule has 0 aliphatic carbocycles. The van der Waals surface area contributed by atoms with Crippen LogP contribution < -0.4 is 5.32 Å². The van der Waals surface area contributed by atoms with E-state index in [-0.39, 0.29) is 0 Å². The Hall–Kier alpha value is -1.08. The van der Waals surface area contributed by atoms with Gasteiger partial charge in [-0.15, -0.1) is 0 Å². The molecule has 0 heterocycles. The molecule has 0 aromatic heterocycles. The number of hydrogen-bond acceptors (Lipinski definition) is 1. The lowest BCUT2D eigenvalue weighted by Gasteiger charge is -2.00. The fraction of sp³-hybridized carbons (Fsp3) is 0.273. The van der Waals surface area contributed by atoms with Gasteiger partial charge in [0.25, 0.3) is 0 Å². The zero-order valence-electron chi connectivity index (χ0n) is 7.46. The van der Waals surface area contributed by atoms with Gasteiger partial charge in [0, 0.05) is 13.1 Å². The van der Waals surface area contributed by atoms with Crippen LogP contribution in [0.25, 0.3) is 0 Å². The third kappa shape index (κ3) is 3.35. The van der Waals surface area contributed by atoms with Crippen LogP contribution in [0.4, 0.5) is 0 Å². The molecule has 0 radical (unpaired) electrons. The maximum atomic E-state index is 3.32. The van der Waals surface area contributed by atoms with Crippen molar-refractivity contribution in [1.82, 2.24) is 5.32 Å². The maximum Gasteiger partial charge on any atom is 0.0208 e. The van der Waals surface area contributed by atoms with Crippen molar-refractivity contribution in [2.24, 2.45) is 0 Å². The Morgan fingerprint density at radius 3 is 2.67 bits per heavy atom. The highest BCUT2D eigenvalue weighted by molar-refractivity contribution is 5.14. The van der Waals surface area contributed by atoms with E-state index >= 15 is 0 Å². The highest BCUT2D eigenvalue weighted by Crippen LogP contribution is 1.96. The molecule has 12 heavy (non-hydrogen) atoms. The van der Waals surface area contributed by atoms with Crippen LogP contribution in [-0.4, -0.2) is 6.54 Å². The summed E-state index contributed by atoms with van der Waals surface area (Å²) >= 11 is 0. The fourth-order valence-electron chi connectivity index (χ4n) is 1.01. The van der Waals surface area contributed by atoms with Gasteiger partial charge in [-0.2, -0.15) is 0 Å². The zero-order valence-corrected chi connectivity index (χ0v) is 7.46. The Labute approximate surface area is 74.1 Å². The van der Waals surface area contributed by atoms with Gasteiger partial charge in [0.1, 0.15) is 0 Å². The van der Waals surface area contributed by atoms with Gasteiger partial charge >= 0.3 is 0 Å². The molecule has 0 bridgehead atoms. The number of nitrogens with one attached hydrogen (secondary N) is 1. The van der Waals surface area contributed by atoms with Crippen molar-refractivity contribution in [2.75, 3.05) is 6.54 Å². The van der Waals surface area contributed by atoms with Crippen LogP contribution >= 0.6 is 0 Å². The Kier molecular flexibility index (Phi) is 4.17. The van der Waals surface area contributed by atoms with E-state index in [4.69, 9.17) is 0 Å². The number of rotatable bonds is 4. The van der Waals surface area contributed by atoms with Crippen LogP contribution in [0.2, 0.25) is 0 Å². The van der Waals surface area contributed by atoms with E-state index in [2.05, 4.69) is 41.7 Å². The molecule has 0 aliphatic rings. The van der Waals surface area contributed by atoms with Crippen LogP contribution in [0.5, 0.6) is 0 Å². The summed E-state index contributed by atoms with van der Waals surface area (Å²) in [5.74, 6) is 0. The zero-order chi connectivity index (χ0) is 8.65. The van der Waals surface area contributed by atoms with Crippen molar-refractivity contribution in [3.05, 3.63) is 48.0 Å². The van der Waals surface area contributed by atoms with Crippen LogP contribution in [0, 0.1) is 0 Å². The van der Waals surface area contributed by atoms with Crippen molar-refractivity contribution >= 4 is 0 Å². The van der Waals surface area contributed by atoms with Crippen molar-refractivity contribution in [3.63, 3.8) is 0 Å². The van der Waals surface area contributed by atoms with Gasteiger partial charge in [-0.1, -0.05) is 42.5 Å². The highest BCUT2D eigenvalue weighted by atomic mass is 14.8. The number of hydrogen-bond donors (Lipinski definition) is 1. The largest absolute Gasteiger partial charge is 0.309 e. The first-order valence-corrected chi connectivity index (χ1v) is 4.29. The number of allylic oxidation sites excluding steroid dienone is 1. The molecule has 1 aromatic carbocycles. The van der Waals surface area contributed by atoms with E-state index < -0.39 is 0 Å². The molecule has 0 saturated heterocycles. The first-order valence-electron chi connectivity index (χ1n) is 4.29. The molecule has 0 aliphatic heterocycles. The molecule has 0 saturated carbocycles. The fourth-order valence-corrected chi connectivity index (χ4v) is 1.01. The molecule has 1 aromatic rings. The minimum atomic E-state index is 0.950. The molecular formula is C11H15N. The summed E-state index contributed by atoms with van der Waals surface area (Å²) < 4.78 is 0. The summed E-state index contributed by atoms with van der Waals surface area (Å²) in [6, 6.07) is 10.4. The summed E-state index contributed by atoms with van der Waals surface area (Å²) in [6.45, 7) is 3.93. The third-order valence-corrected chi connectivity index (χ3v) is 1.67. The Bertz CT molecular complexity index is 226. The quantitative estimate of drug-likeness (QED) is 0.528. The molecule has 0 fully saturated rings. The lowest BCUT2D eigenvalue weighted by molar-refractivity contribution is 0.759. The third-order valence-electron chi connectivity index (χ3n) is 1.67. The van der Waals surface area contributed by atoms with Gasteiger partial charge in [-0.05, 0) is 12.5 Å². The predicted molar refractivity (Wildman–Crippen MR) is 53.0 cm³/mol. The van der Waals surface area contributed by atoms with E-state index in [0.29, 0.717) is 0 Å². The van der Waals surface area contributed by atoms with E-state index in [1.54, 1.807) is 0 Å². The summed E-state index contributed by atoms with van der Waals surface area (Å²) in [4.78, 5) is 0. The first kappa shape index (κ1) is 9.01. The molecule has 1 heteroatoms. The van der Waals surface area contributed by atoms with Crippen molar-refractivity contribution < 1.29 is 0 Å². The van der Waals surface area contributed by atoms with E-state index in [1.165, 1.54) is 5.56 Å². The smallest absolute Gasteiger partial charge is 0.0208 e. The summed E-state index contributed by atoms with van der Waals surface area (Å²) in [7, 11) is 0. The topological polar surface area (TPSA) is 12.0 Å². The Morgan fingerprint density at radius 2 is 2.00 bits per heavy atom. The summed E-state index contributed by atoms with van der Waals surface area (Å²) in [6.07, 6.45) is 4.17. The minimum absolute atomic E-state index is 0.950. The molecule has 0 amide bonds. The van der Waals surface area contributed by atoms with E-state index in [1.807, 2.05) is 13.0 Å². The lowest BCUT2D eigenvalue weighted by Crippen LogP contribution is -2.12. The van der Waals surface area contributed by atoms with Gasteiger partial charge in [-0.3, -0.25) is 0 Å². The monoisotopic (exact) mass is 161 g/mol. The second-order valence-electron chi connectivity index (χ2n) is 2.69. The average molecular weight is 161 g/mol. The van der Waals surface area contributed by atoms with Crippen LogP contribution in [0.3, 0.4) is 0 Å². The van der Waals surface area contributed by atoms with Crippen LogP contribution in [0.1, 0.15) is 12.5 Å². The molecule has 0 atom stereocenters. The molecule has 1 nitrogen and oxygen atoms in total. The second kappa shape index (κ2) is 5.56. The maximum absolute atomic E-state index is 3.32. The lowest BCUT2D eigenvalue weighted by atomic mass is 10.2. The Morgan fingerprint density at radius 1 is 1.25 bits per heavy atom. The SMILES string of the molecule is CC=CCNCc1ccccc1. The normalized spacial score (nSPS) is 10.8. The summed E-state index contributed by atoms with van der Waals surface area (Å²) in [5.41, 5.74) is 1.34. The van der Waals surface area contributed by atoms with Gasteiger partial charge in [0.05, 0.1) is 0 Å². The van der Waals surface area contributed by atoms with Gasteiger partial charge < -0.3 is 5.32 Å². The molecule has 1 N–H and O–H groups in total. The molecule has 64 valence electrons. The highest BCUT2D eigenvalue weighted by Gasteiger charge is 1.86. The van der Waals surface area contributed by atoms with Crippen molar-refractivity contribution in [3.8, 4) is 0 Å². The van der Waals surface area contributed by atoms with Gasteiger partial charge in [-0.25, -0.2) is 0 Å². The first-order chi connectivity index (χ1) is 5.93. The standard InChI is InChI=1S/C11H15N/c1-2-3-9-12-10-11-7-5-4-6-8-11/h2-8,12H,9-10H2,1H3.